The van der Waals surface area contributed by atoms with Gasteiger partial charge in [0.15, 0.2) is 11.5 Å². The van der Waals surface area contributed by atoms with Gasteiger partial charge in [-0.15, -0.1) is 0 Å². The highest BCUT2D eigenvalue weighted by Crippen LogP contribution is 2.44. The Labute approximate surface area is 181 Å². The zero-order valence-corrected chi connectivity index (χ0v) is 19.0. The van der Waals surface area contributed by atoms with Crippen molar-refractivity contribution in [3.63, 3.8) is 0 Å². The molecule has 0 aromatic heterocycles. The Morgan fingerprint density at radius 1 is 1.00 bits per heavy atom. The van der Waals surface area contributed by atoms with Gasteiger partial charge in [-0.2, -0.15) is 0 Å². The smallest absolute Gasteiger partial charge is 0.161 e. The molecule has 0 bridgehead atoms. The van der Waals surface area contributed by atoms with Crippen molar-refractivity contribution in [3.8, 4) is 11.5 Å². The molecule has 0 radical (unpaired) electrons. The van der Waals surface area contributed by atoms with Crippen molar-refractivity contribution >= 4 is 5.71 Å². The summed E-state index contributed by atoms with van der Waals surface area (Å²) in [6.45, 7) is 8.99. The minimum atomic E-state index is 0.171. The van der Waals surface area contributed by atoms with Crippen molar-refractivity contribution < 1.29 is 14.2 Å². The Balaban J connectivity index is 1.95. The average molecular weight is 410 g/mol. The van der Waals surface area contributed by atoms with E-state index in [0.29, 0.717) is 25.7 Å². The topological polar surface area (TPSA) is 40.0 Å². The molecule has 3 rings (SSSR count). The van der Waals surface area contributed by atoms with Crippen molar-refractivity contribution in [1.29, 1.82) is 0 Å². The summed E-state index contributed by atoms with van der Waals surface area (Å²) in [5.74, 6) is 2.13. The maximum atomic E-state index is 6.04. The predicted octanol–water partition coefficient (Wildman–Crippen LogP) is 5.71. The first-order valence-electron chi connectivity index (χ1n) is 10.9. The van der Waals surface area contributed by atoms with Crippen molar-refractivity contribution in [2.75, 3.05) is 27.4 Å². The second kappa shape index (κ2) is 10.1. The fraction of sp³-hybridized carbons (Fsp3) is 0.500. The molecule has 0 amide bonds. The number of hydrogen-bond acceptors (Lipinski definition) is 4. The van der Waals surface area contributed by atoms with Gasteiger partial charge >= 0.3 is 0 Å². The average Bonchev–Trinajstić information content (AvgIpc) is 2.75. The van der Waals surface area contributed by atoms with E-state index in [-0.39, 0.29) is 5.41 Å². The van der Waals surface area contributed by atoms with Crippen LogP contribution in [-0.2, 0) is 17.7 Å². The fourth-order valence-corrected chi connectivity index (χ4v) is 3.97. The molecule has 0 spiro atoms. The molecule has 0 saturated heterocycles. The Morgan fingerprint density at radius 3 is 2.43 bits per heavy atom. The van der Waals surface area contributed by atoms with E-state index >= 15 is 0 Å². The van der Waals surface area contributed by atoms with Gasteiger partial charge in [0.25, 0.3) is 0 Å². The number of nitrogens with zero attached hydrogens (tertiary/aromatic N) is 1. The molecule has 0 N–H and O–H groups in total. The molecule has 162 valence electrons. The summed E-state index contributed by atoms with van der Waals surface area (Å²) < 4.78 is 16.8. The number of benzene rings is 2. The number of ether oxygens (including phenoxy) is 3. The molecule has 4 nitrogen and oxygen atoms in total. The zero-order valence-electron chi connectivity index (χ0n) is 19.0. The summed E-state index contributed by atoms with van der Waals surface area (Å²) in [6.07, 6.45) is 2.84. The SMILES string of the molecule is COCCCOc1cc2c(cc1OC)/C(=N/Cc1ccccc1)CC(C)(C(C)C)C2. The molecule has 30 heavy (non-hydrogen) atoms. The molecular formula is C26H35NO3. The second-order valence-electron chi connectivity index (χ2n) is 8.77. The first-order chi connectivity index (χ1) is 14.5. The lowest BCUT2D eigenvalue weighted by Crippen LogP contribution is -2.34. The lowest BCUT2D eigenvalue weighted by Gasteiger charge is -2.39. The van der Waals surface area contributed by atoms with Gasteiger partial charge in [0.2, 0.25) is 0 Å². The summed E-state index contributed by atoms with van der Waals surface area (Å²) in [5.41, 5.74) is 5.07. The van der Waals surface area contributed by atoms with Gasteiger partial charge in [-0.1, -0.05) is 51.1 Å². The molecule has 2 aromatic rings. The molecule has 0 saturated carbocycles. The second-order valence-corrected chi connectivity index (χ2v) is 8.77. The fourth-order valence-electron chi connectivity index (χ4n) is 3.97. The first-order valence-corrected chi connectivity index (χ1v) is 10.9. The monoisotopic (exact) mass is 409 g/mol. The van der Waals surface area contributed by atoms with Gasteiger partial charge in [0, 0.05) is 31.4 Å². The van der Waals surface area contributed by atoms with E-state index < -0.39 is 0 Å². The highest BCUT2D eigenvalue weighted by molar-refractivity contribution is 6.04. The Kier molecular flexibility index (Phi) is 7.54. The van der Waals surface area contributed by atoms with E-state index in [1.165, 1.54) is 22.4 Å². The number of fused-ring (bicyclic) bond motifs is 1. The quantitative estimate of drug-likeness (QED) is 0.498. The summed E-state index contributed by atoms with van der Waals surface area (Å²) in [6, 6.07) is 14.7. The minimum absolute atomic E-state index is 0.171. The molecule has 2 aromatic carbocycles. The van der Waals surface area contributed by atoms with Crippen LogP contribution in [0.1, 0.15) is 50.3 Å². The van der Waals surface area contributed by atoms with Gasteiger partial charge in [0.05, 0.1) is 20.3 Å². The maximum absolute atomic E-state index is 6.04. The standard InChI is InChI=1S/C26H35NO3/c1-19(2)26(3)16-21-14-25(30-13-9-12-28-4)24(29-5)15-22(21)23(17-26)27-18-20-10-7-6-8-11-20/h6-8,10-11,14-15,19H,9,12-13,16-18H2,1-5H3/b27-23+. The lowest BCUT2D eigenvalue weighted by molar-refractivity contribution is 0.170. The largest absolute Gasteiger partial charge is 0.493 e. The van der Waals surface area contributed by atoms with E-state index in [0.717, 1.165) is 30.8 Å². The third kappa shape index (κ3) is 5.23. The third-order valence-electron chi connectivity index (χ3n) is 6.31. The van der Waals surface area contributed by atoms with Crippen LogP contribution in [-0.4, -0.2) is 33.1 Å². The van der Waals surface area contributed by atoms with Gasteiger partial charge in [-0.3, -0.25) is 4.99 Å². The van der Waals surface area contributed by atoms with Gasteiger partial charge in [-0.25, -0.2) is 0 Å². The number of hydrogen-bond donors (Lipinski definition) is 0. The van der Waals surface area contributed by atoms with Crippen molar-refractivity contribution in [2.24, 2.45) is 16.3 Å². The number of rotatable bonds is 9. The summed E-state index contributed by atoms with van der Waals surface area (Å²) in [7, 11) is 3.41. The molecule has 1 aliphatic rings. The van der Waals surface area contributed by atoms with E-state index in [1.54, 1.807) is 14.2 Å². The zero-order chi connectivity index (χ0) is 21.6. The van der Waals surface area contributed by atoms with Crippen molar-refractivity contribution in [3.05, 3.63) is 59.2 Å². The van der Waals surface area contributed by atoms with E-state index in [2.05, 4.69) is 57.2 Å². The summed E-state index contributed by atoms with van der Waals surface area (Å²) in [4.78, 5) is 5.07. The molecule has 1 atom stereocenters. The van der Waals surface area contributed by atoms with E-state index in [4.69, 9.17) is 19.2 Å². The number of aliphatic imine (C=N–C) groups is 1. The van der Waals surface area contributed by atoms with Crippen molar-refractivity contribution in [1.82, 2.24) is 0 Å². The first kappa shape index (κ1) is 22.4. The molecule has 1 aliphatic carbocycles. The Bertz CT molecular complexity index is 860. The number of methoxy groups -OCH3 is 2. The van der Waals surface area contributed by atoms with Crippen LogP contribution in [0.5, 0.6) is 11.5 Å². The van der Waals surface area contributed by atoms with Crippen LogP contribution in [0, 0.1) is 11.3 Å². The molecular weight excluding hydrogens is 374 g/mol. The molecule has 0 fully saturated rings. The van der Waals surface area contributed by atoms with Gasteiger partial charge in [-0.05, 0) is 47.4 Å². The highest BCUT2D eigenvalue weighted by atomic mass is 16.5. The van der Waals surface area contributed by atoms with Gasteiger partial charge < -0.3 is 14.2 Å². The van der Waals surface area contributed by atoms with Crippen LogP contribution >= 0.6 is 0 Å². The van der Waals surface area contributed by atoms with Crippen LogP contribution in [0.2, 0.25) is 0 Å². The Morgan fingerprint density at radius 2 is 1.77 bits per heavy atom. The van der Waals surface area contributed by atoms with Crippen LogP contribution in [0.25, 0.3) is 0 Å². The third-order valence-corrected chi connectivity index (χ3v) is 6.31. The maximum Gasteiger partial charge on any atom is 0.161 e. The molecule has 4 heteroatoms. The van der Waals surface area contributed by atoms with Crippen molar-refractivity contribution in [2.45, 2.75) is 46.6 Å². The minimum Gasteiger partial charge on any atom is -0.493 e. The normalized spacial score (nSPS) is 19.7. The van der Waals surface area contributed by atoms with E-state index in [9.17, 15) is 0 Å². The Hall–Kier alpha value is -2.33. The predicted molar refractivity (Wildman–Crippen MR) is 123 cm³/mol. The molecule has 0 aliphatic heterocycles. The van der Waals surface area contributed by atoms with Crippen LogP contribution < -0.4 is 9.47 Å². The van der Waals surface area contributed by atoms with Crippen LogP contribution in [0.15, 0.2) is 47.5 Å². The van der Waals surface area contributed by atoms with Gasteiger partial charge in [0.1, 0.15) is 0 Å². The molecule has 0 heterocycles. The summed E-state index contributed by atoms with van der Waals surface area (Å²) in [5, 5.41) is 0. The van der Waals surface area contributed by atoms with Crippen LogP contribution in [0.3, 0.4) is 0 Å². The van der Waals surface area contributed by atoms with E-state index in [1.807, 2.05) is 6.07 Å². The molecule has 1 unspecified atom stereocenters. The lowest BCUT2D eigenvalue weighted by atomic mass is 9.66. The van der Waals surface area contributed by atoms with Crippen LogP contribution in [0.4, 0.5) is 0 Å². The summed E-state index contributed by atoms with van der Waals surface area (Å²) >= 11 is 0. The highest BCUT2D eigenvalue weighted by Gasteiger charge is 2.36.